The first-order chi connectivity index (χ1) is 13.5. The normalized spacial score (nSPS) is 33.2. The zero-order valence-electron chi connectivity index (χ0n) is 16.8. The number of hydrogen-bond donors (Lipinski definition) is 2. The zero-order valence-corrected chi connectivity index (χ0v) is 16.8. The summed E-state index contributed by atoms with van der Waals surface area (Å²) in [6.07, 6.45) is 4.18. The molecule has 28 heavy (non-hydrogen) atoms. The average molecular weight is 396 g/mol. The van der Waals surface area contributed by atoms with Gasteiger partial charge in [0.15, 0.2) is 0 Å². The van der Waals surface area contributed by atoms with Gasteiger partial charge in [-0.15, -0.1) is 0 Å². The summed E-state index contributed by atoms with van der Waals surface area (Å²) >= 11 is 0. The number of hydrogen-bond acceptors (Lipinski definition) is 6. The van der Waals surface area contributed by atoms with Crippen LogP contribution in [0.3, 0.4) is 0 Å². The van der Waals surface area contributed by atoms with E-state index in [4.69, 9.17) is 9.47 Å². The van der Waals surface area contributed by atoms with Crippen molar-refractivity contribution in [2.75, 3.05) is 26.3 Å². The number of ether oxygens (including phenoxy) is 2. The summed E-state index contributed by atoms with van der Waals surface area (Å²) < 4.78 is 11.4. The van der Waals surface area contributed by atoms with E-state index in [0.29, 0.717) is 25.8 Å². The molecule has 2 N–H and O–H groups in total. The highest BCUT2D eigenvalue weighted by Crippen LogP contribution is 2.58. The predicted molar refractivity (Wildman–Crippen MR) is 100 cm³/mol. The molecule has 2 unspecified atom stereocenters. The number of fused-ring (bicyclic) bond motifs is 1. The fourth-order valence-electron chi connectivity index (χ4n) is 5.12. The van der Waals surface area contributed by atoms with Gasteiger partial charge in [0.05, 0.1) is 24.5 Å². The third-order valence-corrected chi connectivity index (χ3v) is 6.24. The maximum Gasteiger partial charge on any atom is 0.312 e. The van der Waals surface area contributed by atoms with Crippen LogP contribution in [0.1, 0.15) is 52.4 Å². The highest BCUT2D eigenvalue weighted by atomic mass is 16.6. The van der Waals surface area contributed by atoms with E-state index < -0.39 is 29.4 Å². The fraction of sp³-hybridized carbons (Fsp3) is 0.850. The topological polar surface area (TPSA) is 105 Å². The number of amides is 2. The Bertz CT molecular complexity index is 612. The van der Waals surface area contributed by atoms with Gasteiger partial charge in [-0.2, -0.15) is 0 Å². The van der Waals surface area contributed by atoms with Crippen LogP contribution in [0.5, 0.6) is 0 Å². The van der Waals surface area contributed by atoms with Crippen LogP contribution in [-0.2, 0) is 23.9 Å². The van der Waals surface area contributed by atoms with E-state index in [0.717, 1.165) is 19.3 Å². The smallest absolute Gasteiger partial charge is 0.312 e. The minimum Gasteiger partial charge on any atom is -0.466 e. The number of rotatable bonds is 10. The van der Waals surface area contributed by atoms with E-state index in [1.54, 1.807) is 6.92 Å². The second-order valence-electron chi connectivity index (χ2n) is 7.91. The second kappa shape index (κ2) is 8.78. The van der Waals surface area contributed by atoms with Crippen molar-refractivity contribution in [3.63, 3.8) is 0 Å². The van der Waals surface area contributed by atoms with E-state index in [1.165, 1.54) is 4.90 Å². The molecule has 3 rings (SSSR count). The molecule has 0 aromatic rings. The summed E-state index contributed by atoms with van der Waals surface area (Å²) in [5, 5.41) is 12.2. The van der Waals surface area contributed by atoms with Crippen LogP contribution >= 0.6 is 0 Å². The van der Waals surface area contributed by atoms with Crippen molar-refractivity contribution in [1.29, 1.82) is 0 Å². The van der Waals surface area contributed by atoms with Gasteiger partial charge in [0.25, 0.3) is 0 Å². The predicted octanol–water partition coefficient (Wildman–Crippen LogP) is 0.613. The highest BCUT2D eigenvalue weighted by Gasteiger charge is 2.74. The number of carbonyl (C=O) groups is 3. The molecular formula is C20H32N2O6. The first kappa shape index (κ1) is 21.0. The van der Waals surface area contributed by atoms with Crippen molar-refractivity contribution in [2.24, 2.45) is 11.8 Å². The van der Waals surface area contributed by atoms with Gasteiger partial charge in [-0.05, 0) is 32.6 Å². The Morgan fingerprint density at radius 2 is 2.11 bits per heavy atom. The quantitative estimate of drug-likeness (QED) is 0.414. The van der Waals surface area contributed by atoms with E-state index >= 15 is 0 Å². The Kier molecular flexibility index (Phi) is 6.60. The van der Waals surface area contributed by atoms with Crippen molar-refractivity contribution in [1.82, 2.24) is 10.2 Å². The average Bonchev–Trinajstić information content (AvgIpc) is 3.31. The summed E-state index contributed by atoms with van der Waals surface area (Å²) in [5.41, 5.74) is -0.969. The molecule has 5 atom stereocenters. The Morgan fingerprint density at radius 1 is 1.32 bits per heavy atom. The summed E-state index contributed by atoms with van der Waals surface area (Å²) in [6, 6.07) is -0.761. The molecule has 3 heterocycles. The monoisotopic (exact) mass is 396 g/mol. The molecule has 0 radical (unpaired) electrons. The minimum absolute atomic E-state index is 0.0723. The number of likely N-dealkylation sites (tertiary alicyclic amines) is 1. The Labute approximate surface area is 165 Å². The molecule has 3 aliphatic rings. The SMILES string of the molecule is CCCCCNC(=O)C1N(CCCO)C(=O)[C@@H]2[C@@H](C(=O)OCC)[C@H]3CCC12O3. The van der Waals surface area contributed by atoms with Crippen LogP contribution < -0.4 is 5.32 Å². The van der Waals surface area contributed by atoms with Gasteiger partial charge < -0.3 is 24.8 Å². The van der Waals surface area contributed by atoms with Gasteiger partial charge in [0.1, 0.15) is 11.6 Å². The standard InChI is InChI=1S/C20H32N2O6/c1-3-5-6-10-21-17(24)16-20-9-8-13(28-20)14(19(26)27-4-2)15(20)18(25)22(16)11-7-12-23/h13-16,23H,3-12H2,1-2H3,(H,21,24)/t13-,14+,15+,16?,20?/m1/s1. The third-order valence-electron chi connectivity index (χ3n) is 6.24. The number of aliphatic hydroxyl groups excluding tert-OH is 1. The number of nitrogens with one attached hydrogen (secondary N) is 1. The molecular weight excluding hydrogens is 364 g/mol. The number of nitrogens with zero attached hydrogens (tertiary/aromatic N) is 1. The highest BCUT2D eigenvalue weighted by molar-refractivity contribution is 5.98. The second-order valence-corrected chi connectivity index (χ2v) is 7.91. The molecule has 2 amide bonds. The van der Waals surface area contributed by atoms with Gasteiger partial charge in [-0.1, -0.05) is 19.8 Å². The molecule has 0 aromatic heterocycles. The molecule has 3 aliphatic heterocycles. The molecule has 158 valence electrons. The van der Waals surface area contributed by atoms with E-state index in [-0.39, 0.29) is 37.7 Å². The van der Waals surface area contributed by atoms with Crippen LogP contribution in [0, 0.1) is 11.8 Å². The van der Waals surface area contributed by atoms with Crippen molar-refractivity contribution in [3.8, 4) is 0 Å². The van der Waals surface area contributed by atoms with Crippen molar-refractivity contribution in [2.45, 2.75) is 70.1 Å². The van der Waals surface area contributed by atoms with Gasteiger partial charge in [-0.3, -0.25) is 14.4 Å². The number of aliphatic hydroxyl groups is 1. The molecule has 0 saturated carbocycles. The zero-order chi connectivity index (χ0) is 20.3. The lowest BCUT2D eigenvalue weighted by Gasteiger charge is -2.33. The van der Waals surface area contributed by atoms with Gasteiger partial charge in [0, 0.05) is 19.7 Å². The van der Waals surface area contributed by atoms with Crippen molar-refractivity contribution >= 4 is 17.8 Å². The molecule has 3 saturated heterocycles. The van der Waals surface area contributed by atoms with Crippen LogP contribution in [0.15, 0.2) is 0 Å². The Hall–Kier alpha value is -1.67. The van der Waals surface area contributed by atoms with Crippen LogP contribution in [0.4, 0.5) is 0 Å². The summed E-state index contributed by atoms with van der Waals surface area (Å²) in [4.78, 5) is 40.4. The molecule has 8 heteroatoms. The largest absolute Gasteiger partial charge is 0.466 e. The summed E-state index contributed by atoms with van der Waals surface area (Å²) in [7, 11) is 0. The Balaban J connectivity index is 1.85. The molecule has 8 nitrogen and oxygen atoms in total. The lowest BCUT2D eigenvalue weighted by atomic mass is 9.71. The molecule has 0 aromatic carbocycles. The molecule has 3 fully saturated rings. The maximum absolute atomic E-state index is 13.3. The number of esters is 1. The fourth-order valence-corrected chi connectivity index (χ4v) is 5.12. The summed E-state index contributed by atoms with van der Waals surface area (Å²) in [5.74, 6) is -2.22. The Morgan fingerprint density at radius 3 is 2.79 bits per heavy atom. The van der Waals surface area contributed by atoms with Gasteiger partial charge in [0.2, 0.25) is 11.8 Å². The maximum atomic E-state index is 13.3. The minimum atomic E-state index is -0.969. The van der Waals surface area contributed by atoms with Crippen LogP contribution in [-0.4, -0.2) is 71.8 Å². The lowest BCUT2D eigenvalue weighted by molar-refractivity contribution is -0.154. The van der Waals surface area contributed by atoms with Crippen molar-refractivity contribution < 1.29 is 29.0 Å². The third kappa shape index (κ3) is 3.41. The van der Waals surface area contributed by atoms with Gasteiger partial charge >= 0.3 is 5.97 Å². The van der Waals surface area contributed by atoms with Crippen molar-refractivity contribution in [3.05, 3.63) is 0 Å². The van der Waals surface area contributed by atoms with E-state index in [2.05, 4.69) is 12.2 Å². The first-order valence-corrected chi connectivity index (χ1v) is 10.5. The van der Waals surface area contributed by atoms with Gasteiger partial charge in [-0.25, -0.2) is 0 Å². The van der Waals surface area contributed by atoms with Crippen LogP contribution in [0.2, 0.25) is 0 Å². The number of carbonyl (C=O) groups excluding carboxylic acids is 3. The number of unbranched alkanes of at least 4 members (excludes halogenated alkanes) is 2. The summed E-state index contributed by atoms with van der Waals surface area (Å²) in [6.45, 7) is 4.82. The van der Waals surface area contributed by atoms with E-state index in [9.17, 15) is 19.5 Å². The first-order valence-electron chi connectivity index (χ1n) is 10.5. The van der Waals surface area contributed by atoms with E-state index in [1.807, 2.05) is 0 Å². The lowest BCUT2D eigenvalue weighted by Crippen LogP contribution is -2.55. The molecule has 0 aliphatic carbocycles. The molecule has 2 bridgehead atoms. The molecule has 1 spiro atoms. The van der Waals surface area contributed by atoms with Crippen LogP contribution in [0.25, 0.3) is 0 Å².